The van der Waals surface area contributed by atoms with E-state index in [0.29, 0.717) is 0 Å². The van der Waals surface area contributed by atoms with E-state index >= 15 is 0 Å². The number of aryl methyl sites for hydroxylation is 1. The molecule has 0 atom stereocenters. The first-order valence-corrected chi connectivity index (χ1v) is 9.97. The third-order valence-electron chi connectivity index (χ3n) is 5.11. The highest BCUT2D eigenvalue weighted by molar-refractivity contribution is 9.09. The van der Waals surface area contributed by atoms with Gasteiger partial charge < -0.3 is 0 Å². The lowest BCUT2D eigenvalue weighted by Gasteiger charge is -2.36. The summed E-state index contributed by atoms with van der Waals surface area (Å²) in [6.07, 6.45) is 6.55. The maximum atomic E-state index is 4.82. The molecule has 1 aromatic carbocycles. The zero-order valence-corrected chi connectivity index (χ0v) is 15.7. The molecule has 2 nitrogen and oxygen atoms in total. The van der Waals surface area contributed by atoms with Gasteiger partial charge in [0, 0.05) is 23.1 Å². The number of alkyl halides is 2. The molecular formula is C17H22Br2N2. The van der Waals surface area contributed by atoms with Crippen LogP contribution in [0.15, 0.2) is 24.3 Å². The van der Waals surface area contributed by atoms with Crippen LogP contribution in [0.5, 0.6) is 0 Å². The lowest BCUT2D eigenvalue weighted by Crippen LogP contribution is -2.35. The molecule has 0 aliphatic heterocycles. The molecule has 114 valence electrons. The van der Waals surface area contributed by atoms with Crippen LogP contribution in [0.25, 0.3) is 10.9 Å². The minimum Gasteiger partial charge on any atom is -0.268 e. The number of para-hydroxylation sites is 1. The van der Waals surface area contributed by atoms with Crippen molar-refractivity contribution in [3.05, 3.63) is 30.0 Å². The van der Waals surface area contributed by atoms with Crippen molar-refractivity contribution in [2.24, 2.45) is 18.4 Å². The van der Waals surface area contributed by atoms with Crippen molar-refractivity contribution < 1.29 is 0 Å². The van der Waals surface area contributed by atoms with E-state index in [4.69, 9.17) is 5.10 Å². The monoisotopic (exact) mass is 412 g/mol. The molecule has 0 bridgehead atoms. The van der Waals surface area contributed by atoms with E-state index in [9.17, 15) is 0 Å². The van der Waals surface area contributed by atoms with Crippen LogP contribution in [0.1, 0.15) is 31.4 Å². The van der Waals surface area contributed by atoms with Crippen molar-refractivity contribution in [3.8, 4) is 0 Å². The molecule has 0 radical (unpaired) electrons. The van der Waals surface area contributed by atoms with E-state index in [1.807, 2.05) is 11.7 Å². The predicted octanol–water partition coefficient (Wildman–Crippen LogP) is 5.08. The predicted molar refractivity (Wildman–Crippen MR) is 96.4 cm³/mol. The molecule has 0 spiro atoms. The first-order valence-electron chi connectivity index (χ1n) is 7.73. The molecule has 1 fully saturated rings. The van der Waals surface area contributed by atoms with Crippen LogP contribution >= 0.6 is 31.9 Å². The average Bonchev–Trinajstić information content (AvgIpc) is 3.15. The molecule has 4 heteroatoms. The SMILES string of the molecule is Cn1nc(CC(CBr)(CBr)C2CCCC2)c2ccccc21. The van der Waals surface area contributed by atoms with Gasteiger partial charge in [0.05, 0.1) is 11.2 Å². The first-order chi connectivity index (χ1) is 10.2. The first kappa shape index (κ1) is 15.5. The van der Waals surface area contributed by atoms with E-state index in [1.54, 1.807) is 0 Å². The van der Waals surface area contributed by atoms with Crippen LogP contribution in [0.2, 0.25) is 0 Å². The molecule has 2 aromatic rings. The number of halogens is 2. The Bertz CT molecular complexity index is 610. The van der Waals surface area contributed by atoms with Gasteiger partial charge in [-0.05, 0) is 36.7 Å². The molecule has 0 unspecified atom stereocenters. The van der Waals surface area contributed by atoms with Crippen molar-refractivity contribution in [2.45, 2.75) is 32.1 Å². The number of nitrogens with zero attached hydrogens (tertiary/aromatic N) is 2. The number of aromatic nitrogens is 2. The number of fused-ring (bicyclic) bond motifs is 1. The summed E-state index contributed by atoms with van der Waals surface area (Å²) in [5.74, 6) is 0.803. The molecule has 0 amide bonds. The molecule has 1 heterocycles. The van der Waals surface area contributed by atoms with Gasteiger partial charge >= 0.3 is 0 Å². The summed E-state index contributed by atoms with van der Waals surface area (Å²) in [5, 5.41) is 8.21. The maximum absolute atomic E-state index is 4.82. The van der Waals surface area contributed by atoms with Crippen molar-refractivity contribution in [2.75, 3.05) is 10.7 Å². The lowest BCUT2D eigenvalue weighted by molar-refractivity contribution is 0.231. The number of benzene rings is 1. The molecular weight excluding hydrogens is 392 g/mol. The third-order valence-corrected chi connectivity index (χ3v) is 7.34. The summed E-state index contributed by atoms with van der Waals surface area (Å²) < 4.78 is 2.02. The van der Waals surface area contributed by atoms with Gasteiger partial charge in [0.25, 0.3) is 0 Å². The van der Waals surface area contributed by atoms with Crippen molar-refractivity contribution in [1.82, 2.24) is 9.78 Å². The van der Waals surface area contributed by atoms with Crippen LogP contribution in [-0.4, -0.2) is 20.4 Å². The summed E-state index contributed by atoms with van der Waals surface area (Å²) in [7, 11) is 2.05. The van der Waals surface area contributed by atoms with E-state index in [2.05, 4.69) is 56.1 Å². The zero-order chi connectivity index (χ0) is 14.9. The van der Waals surface area contributed by atoms with Gasteiger partial charge in [-0.3, -0.25) is 4.68 Å². The summed E-state index contributed by atoms with van der Waals surface area (Å²) in [5.41, 5.74) is 2.77. The maximum Gasteiger partial charge on any atom is 0.0709 e. The van der Waals surface area contributed by atoms with Gasteiger partial charge in [-0.1, -0.05) is 62.9 Å². The highest BCUT2D eigenvalue weighted by Crippen LogP contribution is 2.45. The number of rotatable bonds is 5. The van der Waals surface area contributed by atoms with Crippen LogP contribution in [0.3, 0.4) is 0 Å². The van der Waals surface area contributed by atoms with Gasteiger partial charge in [-0.25, -0.2) is 0 Å². The van der Waals surface area contributed by atoms with Crippen LogP contribution in [0.4, 0.5) is 0 Å². The molecule has 1 aromatic heterocycles. The summed E-state index contributed by atoms with van der Waals surface area (Å²) >= 11 is 7.61. The summed E-state index contributed by atoms with van der Waals surface area (Å²) in [6.45, 7) is 0. The van der Waals surface area contributed by atoms with Gasteiger partial charge in [0.15, 0.2) is 0 Å². The Kier molecular flexibility index (Phi) is 4.75. The minimum atomic E-state index is 0.285. The zero-order valence-electron chi connectivity index (χ0n) is 12.5. The normalized spacial score (nSPS) is 16.9. The van der Waals surface area contributed by atoms with Crippen molar-refractivity contribution in [3.63, 3.8) is 0 Å². The van der Waals surface area contributed by atoms with E-state index in [0.717, 1.165) is 23.0 Å². The summed E-state index contributed by atoms with van der Waals surface area (Å²) in [4.78, 5) is 0. The second-order valence-corrected chi connectivity index (χ2v) is 7.50. The van der Waals surface area contributed by atoms with E-state index in [-0.39, 0.29) is 5.41 Å². The average molecular weight is 414 g/mol. The molecule has 1 aliphatic rings. The fraction of sp³-hybridized carbons (Fsp3) is 0.588. The van der Waals surface area contributed by atoms with Gasteiger partial charge in [0.1, 0.15) is 0 Å². The Morgan fingerprint density at radius 3 is 2.52 bits per heavy atom. The second-order valence-electron chi connectivity index (χ2n) is 6.38. The Morgan fingerprint density at radius 2 is 1.86 bits per heavy atom. The Morgan fingerprint density at radius 1 is 1.19 bits per heavy atom. The largest absolute Gasteiger partial charge is 0.268 e. The standard InChI is InChI=1S/C17H22Br2N2/c1-21-16-9-5-4-8-14(16)15(20-21)10-17(11-18,12-19)13-6-2-3-7-13/h4-5,8-9,13H,2-3,6-7,10-12H2,1H3. The van der Waals surface area contributed by atoms with E-state index in [1.165, 1.54) is 42.3 Å². The van der Waals surface area contributed by atoms with Crippen LogP contribution < -0.4 is 0 Å². The smallest absolute Gasteiger partial charge is 0.0709 e. The molecule has 0 saturated heterocycles. The molecule has 1 aliphatic carbocycles. The summed E-state index contributed by atoms with van der Waals surface area (Å²) in [6, 6.07) is 8.57. The second kappa shape index (κ2) is 6.41. The Labute approximate surface area is 143 Å². The van der Waals surface area contributed by atoms with Crippen molar-refractivity contribution in [1.29, 1.82) is 0 Å². The van der Waals surface area contributed by atoms with E-state index < -0.39 is 0 Å². The molecule has 3 rings (SSSR count). The molecule has 0 N–H and O–H groups in total. The molecule has 21 heavy (non-hydrogen) atoms. The molecule has 1 saturated carbocycles. The van der Waals surface area contributed by atoms with Crippen LogP contribution in [-0.2, 0) is 13.5 Å². The fourth-order valence-electron chi connectivity index (χ4n) is 3.78. The lowest BCUT2D eigenvalue weighted by atomic mass is 9.74. The quantitative estimate of drug-likeness (QED) is 0.624. The topological polar surface area (TPSA) is 17.8 Å². The highest BCUT2D eigenvalue weighted by Gasteiger charge is 2.39. The minimum absolute atomic E-state index is 0.285. The van der Waals surface area contributed by atoms with Gasteiger partial charge in [-0.15, -0.1) is 0 Å². The van der Waals surface area contributed by atoms with Crippen LogP contribution in [0, 0.1) is 11.3 Å². The van der Waals surface area contributed by atoms with Gasteiger partial charge in [-0.2, -0.15) is 5.10 Å². The Balaban J connectivity index is 1.98. The third kappa shape index (κ3) is 2.81. The highest BCUT2D eigenvalue weighted by atomic mass is 79.9. The van der Waals surface area contributed by atoms with Gasteiger partial charge in [0.2, 0.25) is 0 Å². The number of hydrogen-bond donors (Lipinski definition) is 0. The Hall–Kier alpha value is -0.350. The fourth-order valence-corrected chi connectivity index (χ4v) is 6.02. The van der Waals surface area contributed by atoms with Crippen molar-refractivity contribution >= 4 is 42.8 Å². The number of hydrogen-bond acceptors (Lipinski definition) is 1.